The molecule has 1 aromatic heterocycles. The van der Waals surface area contributed by atoms with E-state index in [0.717, 1.165) is 27.9 Å². The second kappa shape index (κ2) is 5.97. The third-order valence-corrected chi connectivity index (χ3v) is 4.38. The molecule has 3 nitrogen and oxygen atoms in total. The molecule has 1 aromatic rings. The van der Waals surface area contributed by atoms with E-state index in [-0.39, 0.29) is 12.0 Å². The fourth-order valence-corrected chi connectivity index (χ4v) is 3.03. The molecule has 1 unspecified atom stereocenters. The summed E-state index contributed by atoms with van der Waals surface area (Å²) >= 11 is 3.81. The molecule has 5 heteroatoms. The van der Waals surface area contributed by atoms with E-state index < -0.39 is 0 Å². The number of nitrogens with one attached hydrogen (secondary N) is 1. The highest BCUT2D eigenvalue weighted by atomic mass is 127. The minimum absolute atomic E-state index is 0.00772. The molecule has 0 saturated carbocycles. The molecule has 1 amide bonds. The standard InChI is InChI=1S/C11H14INO2S/c12-10-5-8(7-16-10)11(14)13-6-9-3-1-2-4-15-9/h5,7,9H,1-4,6H2,(H,13,14). The van der Waals surface area contributed by atoms with Gasteiger partial charge in [-0.2, -0.15) is 0 Å². The van der Waals surface area contributed by atoms with Crippen LogP contribution in [0.5, 0.6) is 0 Å². The molecule has 0 bridgehead atoms. The predicted octanol–water partition coefficient (Wildman–Crippen LogP) is 2.65. The first kappa shape index (κ1) is 12.3. The Morgan fingerprint density at radius 2 is 2.50 bits per heavy atom. The number of carbonyl (C=O) groups excluding carboxylic acids is 1. The Kier molecular flexibility index (Phi) is 4.60. The lowest BCUT2D eigenvalue weighted by Gasteiger charge is -2.22. The van der Waals surface area contributed by atoms with Gasteiger partial charge in [-0.05, 0) is 47.9 Å². The summed E-state index contributed by atoms with van der Waals surface area (Å²) in [7, 11) is 0. The van der Waals surface area contributed by atoms with Crippen molar-refractivity contribution in [2.75, 3.05) is 13.2 Å². The number of carbonyl (C=O) groups is 1. The van der Waals surface area contributed by atoms with Gasteiger partial charge in [-0.1, -0.05) is 0 Å². The van der Waals surface area contributed by atoms with Crippen LogP contribution in [0.2, 0.25) is 0 Å². The maximum atomic E-state index is 11.7. The third kappa shape index (κ3) is 3.43. The molecular weight excluding hydrogens is 337 g/mol. The van der Waals surface area contributed by atoms with Gasteiger partial charge in [-0.15, -0.1) is 11.3 Å². The molecule has 2 heterocycles. The minimum atomic E-state index is 0.00772. The lowest BCUT2D eigenvalue weighted by Crippen LogP contribution is -2.35. The Morgan fingerprint density at radius 1 is 1.62 bits per heavy atom. The fraction of sp³-hybridized carbons (Fsp3) is 0.545. The molecule has 88 valence electrons. The van der Waals surface area contributed by atoms with Crippen LogP contribution in [-0.4, -0.2) is 25.2 Å². The molecule has 0 aromatic carbocycles. The van der Waals surface area contributed by atoms with Crippen LogP contribution in [0.15, 0.2) is 11.4 Å². The third-order valence-electron chi connectivity index (χ3n) is 2.59. The van der Waals surface area contributed by atoms with Crippen LogP contribution >= 0.6 is 33.9 Å². The van der Waals surface area contributed by atoms with Crippen LogP contribution in [0.4, 0.5) is 0 Å². The maximum Gasteiger partial charge on any atom is 0.252 e. The Labute approximate surface area is 113 Å². The highest BCUT2D eigenvalue weighted by Gasteiger charge is 2.15. The van der Waals surface area contributed by atoms with E-state index in [1.165, 1.54) is 6.42 Å². The lowest BCUT2D eigenvalue weighted by atomic mass is 10.1. The molecular formula is C11H14INO2S. The summed E-state index contributed by atoms with van der Waals surface area (Å²) in [6.45, 7) is 1.46. The molecule has 0 radical (unpaired) electrons. The Morgan fingerprint density at radius 3 is 3.12 bits per heavy atom. The number of amides is 1. The molecule has 0 aliphatic carbocycles. The van der Waals surface area contributed by atoms with Gasteiger partial charge in [-0.3, -0.25) is 4.79 Å². The first-order chi connectivity index (χ1) is 7.75. The molecule has 1 fully saturated rings. The van der Waals surface area contributed by atoms with Gasteiger partial charge in [0.15, 0.2) is 0 Å². The van der Waals surface area contributed by atoms with Crippen LogP contribution < -0.4 is 5.32 Å². The van der Waals surface area contributed by atoms with Crippen molar-refractivity contribution >= 4 is 39.8 Å². The van der Waals surface area contributed by atoms with Crippen molar-refractivity contribution < 1.29 is 9.53 Å². The summed E-state index contributed by atoms with van der Waals surface area (Å²) in [4.78, 5) is 11.7. The zero-order chi connectivity index (χ0) is 11.4. The quantitative estimate of drug-likeness (QED) is 0.851. The van der Waals surface area contributed by atoms with Crippen LogP contribution in [-0.2, 0) is 4.74 Å². The van der Waals surface area contributed by atoms with Crippen molar-refractivity contribution in [2.45, 2.75) is 25.4 Å². The largest absolute Gasteiger partial charge is 0.376 e. The average Bonchev–Trinajstić information content (AvgIpc) is 2.74. The summed E-state index contributed by atoms with van der Waals surface area (Å²) in [5.41, 5.74) is 0.755. The molecule has 1 N–H and O–H groups in total. The van der Waals surface area contributed by atoms with Gasteiger partial charge in [-0.25, -0.2) is 0 Å². The van der Waals surface area contributed by atoms with Gasteiger partial charge in [0.05, 0.1) is 14.6 Å². The smallest absolute Gasteiger partial charge is 0.252 e. The second-order valence-electron chi connectivity index (χ2n) is 3.84. The van der Waals surface area contributed by atoms with Crippen molar-refractivity contribution in [3.05, 3.63) is 19.9 Å². The predicted molar refractivity (Wildman–Crippen MR) is 73.0 cm³/mol. The van der Waals surface area contributed by atoms with Crippen molar-refractivity contribution in [3.8, 4) is 0 Å². The summed E-state index contributed by atoms with van der Waals surface area (Å²) in [6.07, 6.45) is 3.61. The van der Waals surface area contributed by atoms with Gasteiger partial charge in [0.1, 0.15) is 0 Å². The van der Waals surface area contributed by atoms with Crippen LogP contribution in [0, 0.1) is 2.88 Å². The van der Waals surface area contributed by atoms with E-state index >= 15 is 0 Å². The van der Waals surface area contributed by atoms with E-state index in [1.807, 2.05) is 11.4 Å². The Hall–Kier alpha value is -0.140. The van der Waals surface area contributed by atoms with E-state index in [1.54, 1.807) is 11.3 Å². The number of ether oxygens (including phenoxy) is 1. The molecule has 0 spiro atoms. The minimum Gasteiger partial charge on any atom is -0.376 e. The van der Waals surface area contributed by atoms with Gasteiger partial charge < -0.3 is 10.1 Å². The highest BCUT2D eigenvalue weighted by molar-refractivity contribution is 14.1. The van der Waals surface area contributed by atoms with Crippen molar-refractivity contribution in [1.82, 2.24) is 5.32 Å². The van der Waals surface area contributed by atoms with E-state index in [9.17, 15) is 4.79 Å². The lowest BCUT2D eigenvalue weighted by molar-refractivity contribution is 0.0169. The number of thiophene rings is 1. The molecule has 1 atom stereocenters. The van der Waals surface area contributed by atoms with Crippen LogP contribution in [0.1, 0.15) is 29.6 Å². The van der Waals surface area contributed by atoms with Crippen molar-refractivity contribution in [1.29, 1.82) is 0 Å². The monoisotopic (exact) mass is 351 g/mol. The first-order valence-corrected chi connectivity index (χ1v) is 7.35. The Balaban J connectivity index is 1.79. The van der Waals surface area contributed by atoms with Crippen molar-refractivity contribution in [3.63, 3.8) is 0 Å². The van der Waals surface area contributed by atoms with Gasteiger partial charge >= 0.3 is 0 Å². The van der Waals surface area contributed by atoms with Gasteiger partial charge in [0.2, 0.25) is 0 Å². The second-order valence-corrected chi connectivity index (χ2v) is 6.64. The maximum absolute atomic E-state index is 11.7. The molecule has 1 saturated heterocycles. The number of rotatable bonds is 3. The zero-order valence-electron chi connectivity index (χ0n) is 8.87. The number of halogens is 1. The topological polar surface area (TPSA) is 38.3 Å². The van der Waals surface area contributed by atoms with Crippen LogP contribution in [0.3, 0.4) is 0 Å². The molecule has 2 rings (SSSR count). The summed E-state index contributed by atoms with van der Waals surface area (Å²) < 4.78 is 6.69. The Bertz CT molecular complexity index is 361. The fourth-order valence-electron chi connectivity index (χ4n) is 1.71. The van der Waals surface area contributed by atoms with Crippen LogP contribution in [0.25, 0.3) is 0 Å². The number of hydrogen-bond acceptors (Lipinski definition) is 3. The highest BCUT2D eigenvalue weighted by Crippen LogP contribution is 2.16. The summed E-state index contributed by atoms with van der Waals surface area (Å²) in [6, 6.07) is 1.91. The normalized spacial score (nSPS) is 20.7. The van der Waals surface area contributed by atoms with Crippen molar-refractivity contribution in [2.24, 2.45) is 0 Å². The average molecular weight is 351 g/mol. The van der Waals surface area contributed by atoms with E-state index in [0.29, 0.717) is 6.54 Å². The van der Waals surface area contributed by atoms with E-state index in [2.05, 4.69) is 27.9 Å². The SMILES string of the molecule is O=C(NCC1CCCCO1)c1csc(I)c1. The number of hydrogen-bond donors (Lipinski definition) is 1. The van der Waals surface area contributed by atoms with Gasteiger partial charge in [0.25, 0.3) is 5.91 Å². The summed E-state index contributed by atoms with van der Waals surface area (Å²) in [5, 5.41) is 4.81. The van der Waals surface area contributed by atoms with E-state index in [4.69, 9.17) is 4.74 Å². The summed E-state index contributed by atoms with van der Waals surface area (Å²) in [5.74, 6) is 0.00772. The molecule has 16 heavy (non-hydrogen) atoms. The first-order valence-electron chi connectivity index (χ1n) is 5.39. The zero-order valence-corrected chi connectivity index (χ0v) is 11.8. The van der Waals surface area contributed by atoms with Gasteiger partial charge in [0, 0.05) is 18.5 Å². The molecule has 1 aliphatic heterocycles. The molecule has 1 aliphatic rings.